The topological polar surface area (TPSA) is 51.2 Å². The average Bonchev–Trinajstić information content (AvgIpc) is 3.03. The molecule has 0 radical (unpaired) electrons. The summed E-state index contributed by atoms with van der Waals surface area (Å²) in [5, 5.41) is 3.49. The first-order chi connectivity index (χ1) is 11.0. The summed E-state index contributed by atoms with van der Waals surface area (Å²) in [5.74, 6) is -0.489. The number of hydrogen-bond donors (Lipinski definition) is 1. The van der Waals surface area contributed by atoms with Crippen LogP contribution in [0.2, 0.25) is 5.02 Å². The van der Waals surface area contributed by atoms with Crippen LogP contribution in [0.15, 0.2) is 24.4 Å². The molecule has 0 atom stereocenters. The number of alkyl halides is 2. The van der Waals surface area contributed by atoms with Crippen LogP contribution >= 0.6 is 34.3 Å². The van der Waals surface area contributed by atoms with Gasteiger partial charge in [0.2, 0.25) is 0 Å². The Hall–Kier alpha value is -1.77. The van der Waals surface area contributed by atoms with E-state index >= 15 is 0 Å². The number of hydrogen-bond acceptors (Lipinski definition) is 5. The van der Waals surface area contributed by atoms with Gasteiger partial charge in [0.15, 0.2) is 5.13 Å². The summed E-state index contributed by atoms with van der Waals surface area (Å²) in [5.41, 5.74) is 0. The van der Waals surface area contributed by atoms with Crippen molar-refractivity contribution in [3.05, 3.63) is 39.2 Å². The van der Waals surface area contributed by atoms with Crippen molar-refractivity contribution in [2.75, 3.05) is 5.32 Å². The second-order valence-electron chi connectivity index (χ2n) is 4.48. The Bertz CT molecular complexity index is 879. The number of aryl methyl sites for hydroxylation is 1. The molecule has 0 aliphatic heterocycles. The minimum absolute atomic E-state index is 0.0529. The number of thiophene rings is 1. The van der Waals surface area contributed by atoms with E-state index in [0.717, 1.165) is 16.2 Å². The van der Waals surface area contributed by atoms with Gasteiger partial charge < -0.3 is 4.74 Å². The highest BCUT2D eigenvalue weighted by molar-refractivity contribution is 7.22. The van der Waals surface area contributed by atoms with Gasteiger partial charge in [0.25, 0.3) is 5.91 Å². The van der Waals surface area contributed by atoms with Crippen molar-refractivity contribution >= 4 is 55.4 Å². The smallest absolute Gasteiger partial charge is 0.387 e. The maximum atomic E-state index is 12.5. The van der Waals surface area contributed by atoms with E-state index in [4.69, 9.17) is 11.6 Å². The van der Waals surface area contributed by atoms with Crippen LogP contribution in [0, 0.1) is 6.92 Å². The number of nitrogens with one attached hydrogen (secondary N) is 1. The quantitative estimate of drug-likeness (QED) is 0.685. The van der Waals surface area contributed by atoms with Crippen molar-refractivity contribution in [3.63, 3.8) is 0 Å². The lowest BCUT2D eigenvalue weighted by molar-refractivity contribution is -0.0487. The summed E-state index contributed by atoms with van der Waals surface area (Å²) in [6.45, 7) is -1.10. The van der Waals surface area contributed by atoms with E-state index in [9.17, 15) is 13.6 Å². The fraction of sp³-hybridized carbons (Fsp3) is 0.143. The van der Waals surface area contributed by atoms with Gasteiger partial charge in [-0.2, -0.15) is 8.78 Å². The lowest BCUT2D eigenvalue weighted by atomic mass is 10.2. The number of ether oxygens (including phenoxy) is 1. The Balaban J connectivity index is 1.98. The Labute approximate surface area is 142 Å². The van der Waals surface area contributed by atoms with Gasteiger partial charge in [-0.05, 0) is 19.1 Å². The first kappa shape index (κ1) is 16.1. The molecular formula is C14H9ClF2N2O2S2. The molecule has 0 aliphatic carbocycles. The summed E-state index contributed by atoms with van der Waals surface area (Å²) < 4.78 is 30.0. The molecule has 0 saturated carbocycles. The van der Waals surface area contributed by atoms with Crippen LogP contribution in [0.1, 0.15) is 14.5 Å². The molecule has 120 valence electrons. The predicted octanol–water partition coefficient (Wildman–Crippen LogP) is 5.17. The number of thiazole rings is 1. The zero-order chi connectivity index (χ0) is 16.6. The monoisotopic (exact) mass is 374 g/mol. The SMILES string of the molecule is Cc1cnc(NC(=O)c2sc3cccc(OC(F)F)c3c2Cl)s1. The highest BCUT2D eigenvalue weighted by Crippen LogP contribution is 2.41. The molecule has 0 fully saturated rings. The minimum Gasteiger partial charge on any atom is -0.434 e. The second kappa shape index (κ2) is 6.38. The molecule has 4 nitrogen and oxygen atoms in total. The first-order valence-corrected chi connectivity index (χ1v) is 8.36. The Morgan fingerprint density at radius 3 is 2.83 bits per heavy atom. The van der Waals surface area contributed by atoms with Crippen LogP contribution in [0.25, 0.3) is 10.1 Å². The third-order valence-corrected chi connectivity index (χ3v) is 5.35. The van der Waals surface area contributed by atoms with Gasteiger partial charge in [-0.1, -0.05) is 17.7 Å². The summed E-state index contributed by atoms with van der Waals surface area (Å²) in [6, 6.07) is 4.65. The molecule has 1 N–H and O–H groups in total. The number of carbonyl (C=O) groups excluding carboxylic acids is 1. The van der Waals surface area contributed by atoms with Gasteiger partial charge in [-0.15, -0.1) is 22.7 Å². The van der Waals surface area contributed by atoms with Gasteiger partial charge in [-0.3, -0.25) is 10.1 Å². The van der Waals surface area contributed by atoms with E-state index in [1.165, 1.54) is 17.4 Å². The van der Waals surface area contributed by atoms with Crippen molar-refractivity contribution < 1.29 is 18.3 Å². The number of halogens is 3. The number of benzene rings is 1. The highest BCUT2D eigenvalue weighted by atomic mass is 35.5. The molecule has 3 aromatic rings. The summed E-state index contributed by atoms with van der Waals surface area (Å²) in [7, 11) is 0. The first-order valence-electron chi connectivity index (χ1n) is 6.35. The molecule has 23 heavy (non-hydrogen) atoms. The lowest BCUT2D eigenvalue weighted by Gasteiger charge is -2.05. The van der Waals surface area contributed by atoms with E-state index in [1.807, 2.05) is 6.92 Å². The molecule has 0 bridgehead atoms. The molecule has 9 heteroatoms. The van der Waals surface area contributed by atoms with Crippen LogP contribution < -0.4 is 10.1 Å². The molecule has 3 rings (SSSR count). The van der Waals surface area contributed by atoms with E-state index in [2.05, 4.69) is 15.0 Å². The summed E-state index contributed by atoms with van der Waals surface area (Å²) >= 11 is 8.66. The van der Waals surface area contributed by atoms with Crippen molar-refractivity contribution in [1.82, 2.24) is 4.98 Å². The number of rotatable bonds is 4. The molecule has 1 aromatic carbocycles. The van der Waals surface area contributed by atoms with E-state index in [-0.39, 0.29) is 15.6 Å². The highest BCUT2D eigenvalue weighted by Gasteiger charge is 2.21. The van der Waals surface area contributed by atoms with Crippen LogP contribution in [0.4, 0.5) is 13.9 Å². The zero-order valence-electron chi connectivity index (χ0n) is 11.6. The standard InChI is InChI=1S/C14H9ClF2N2O2S2/c1-6-5-18-14(22-6)19-12(20)11-10(15)9-7(21-13(16)17)3-2-4-8(9)23-11/h2-5,13H,1H3,(H,18,19,20). The van der Waals surface area contributed by atoms with Crippen molar-refractivity contribution in [2.45, 2.75) is 13.5 Å². The van der Waals surface area contributed by atoms with Crippen LogP contribution in [-0.4, -0.2) is 17.5 Å². The van der Waals surface area contributed by atoms with Crippen LogP contribution in [0.5, 0.6) is 5.75 Å². The largest absolute Gasteiger partial charge is 0.434 e. The van der Waals surface area contributed by atoms with E-state index < -0.39 is 12.5 Å². The maximum absolute atomic E-state index is 12.5. The molecule has 0 unspecified atom stereocenters. The molecule has 2 heterocycles. The predicted molar refractivity (Wildman–Crippen MR) is 88.3 cm³/mol. The number of anilines is 1. The lowest BCUT2D eigenvalue weighted by Crippen LogP contribution is -2.10. The molecule has 0 aliphatic rings. The van der Waals surface area contributed by atoms with E-state index in [1.54, 1.807) is 18.3 Å². The van der Waals surface area contributed by atoms with Gasteiger partial charge >= 0.3 is 6.61 Å². The van der Waals surface area contributed by atoms with Gasteiger partial charge in [0.1, 0.15) is 10.6 Å². The summed E-state index contributed by atoms with van der Waals surface area (Å²) in [4.78, 5) is 17.6. The normalized spacial score (nSPS) is 11.2. The van der Waals surface area contributed by atoms with Crippen LogP contribution in [0.3, 0.4) is 0 Å². The number of carbonyl (C=O) groups is 1. The third-order valence-electron chi connectivity index (χ3n) is 2.88. The Morgan fingerprint density at radius 2 is 2.17 bits per heavy atom. The van der Waals surface area contributed by atoms with Crippen molar-refractivity contribution in [3.8, 4) is 5.75 Å². The Kier molecular flexibility index (Phi) is 4.47. The molecule has 0 saturated heterocycles. The molecular weight excluding hydrogens is 366 g/mol. The molecule has 1 amide bonds. The molecule has 2 aromatic heterocycles. The van der Waals surface area contributed by atoms with Gasteiger partial charge in [0, 0.05) is 15.8 Å². The number of amides is 1. The fourth-order valence-electron chi connectivity index (χ4n) is 1.99. The van der Waals surface area contributed by atoms with Gasteiger partial charge in [0.05, 0.1) is 10.4 Å². The second-order valence-corrected chi connectivity index (χ2v) is 7.15. The number of nitrogens with zero attached hydrogens (tertiary/aromatic N) is 1. The van der Waals surface area contributed by atoms with E-state index in [0.29, 0.717) is 15.2 Å². The molecule has 0 spiro atoms. The fourth-order valence-corrected chi connectivity index (χ4v) is 4.11. The minimum atomic E-state index is -2.97. The summed E-state index contributed by atoms with van der Waals surface area (Å²) in [6.07, 6.45) is 1.64. The number of aromatic nitrogens is 1. The van der Waals surface area contributed by atoms with Crippen molar-refractivity contribution in [1.29, 1.82) is 0 Å². The van der Waals surface area contributed by atoms with Gasteiger partial charge in [-0.25, -0.2) is 4.98 Å². The average molecular weight is 375 g/mol. The van der Waals surface area contributed by atoms with Crippen LogP contribution in [-0.2, 0) is 0 Å². The Morgan fingerprint density at radius 1 is 1.39 bits per heavy atom. The number of fused-ring (bicyclic) bond motifs is 1. The zero-order valence-corrected chi connectivity index (χ0v) is 14.0. The maximum Gasteiger partial charge on any atom is 0.387 e. The van der Waals surface area contributed by atoms with Crippen molar-refractivity contribution in [2.24, 2.45) is 0 Å². The third kappa shape index (κ3) is 3.29.